The zero-order valence-corrected chi connectivity index (χ0v) is 19.1. The van der Waals surface area contributed by atoms with E-state index in [0.29, 0.717) is 29.1 Å². The molecule has 2 aromatic carbocycles. The highest BCUT2D eigenvalue weighted by Crippen LogP contribution is 2.29. The Balaban J connectivity index is 1.70. The van der Waals surface area contributed by atoms with Crippen molar-refractivity contribution in [3.05, 3.63) is 116 Å². The molecule has 0 amide bonds. The molecule has 0 spiro atoms. The molecule has 0 radical (unpaired) electrons. The smallest absolute Gasteiger partial charge is 0.268 e. The predicted octanol–water partition coefficient (Wildman–Crippen LogP) is 5.83. The Morgan fingerprint density at radius 1 is 1.03 bits per heavy atom. The highest BCUT2D eigenvalue weighted by molar-refractivity contribution is 9.10. The number of aromatic nitrogens is 2. The van der Waals surface area contributed by atoms with Gasteiger partial charge in [-0.15, -0.1) is 0 Å². The van der Waals surface area contributed by atoms with Gasteiger partial charge in [-0.1, -0.05) is 66.7 Å². The Bertz CT molecular complexity index is 1170. The molecule has 5 heteroatoms. The number of allylic oxidation sites excluding steroid dienone is 3. The summed E-state index contributed by atoms with van der Waals surface area (Å²) >= 11 is 3.43. The summed E-state index contributed by atoms with van der Waals surface area (Å²) in [7, 11) is 0. The Morgan fingerprint density at radius 3 is 2.42 bits per heavy atom. The second-order valence-electron chi connectivity index (χ2n) is 7.59. The molecule has 0 N–H and O–H groups in total. The van der Waals surface area contributed by atoms with E-state index in [4.69, 9.17) is 9.72 Å². The second-order valence-corrected chi connectivity index (χ2v) is 8.38. The molecule has 0 fully saturated rings. The Hall–Kier alpha value is -2.92. The van der Waals surface area contributed by atoms with Crippen molar-refractivity contribution in [2.24, 2.45) is 0 Å². The molecule has 4 nitrogen and oxygen atoms in total. The van der Waals surface area contributed by atoms with Crippen molar-refractivity contribution in [3.8, 4) is 0 Å². The Kier molecular flexibility index (Phi) is 6.82. The van der Waals surface area contributed by atoms with Crippen molar-refractivity contribution in [1.82, 2.24) is 9.55 Å². The third kappa shape index (κ3) is 5.05. The first-order valence-corrected chi connectivity index (χ1v) is 11.3. The summed E-state index contributed by atoms with van der Waals surface area (Å²) < 4.78 is 8.49. The van der Waals surface area contributed by atoms with E-state index in [1.165, 1.54) is 5.56 Å². The van der Waals surface area contributed by atoms with Crippen LogP contribution in [0, 0.1) is 6.92 Å². The van der Waals surface area contributed by atoms with E-state index in [1.54, 1.807) is 4.57 Å². The first-order valence-electron chi connectivity index (χ1n) is 10.5. The average molecular weight is 477 g/mol. The number of nitrogens with zero attached hydrogens (tertiary/aromatic N) is 2. The first kappa shape index (κ1) is 21.3. The molecule has 0 bridgehead atoms. The summed E-state index contributed by atoms with van der Waals surface area (Å²) in [6.07, 6.45) is 6.57. The minimum atomic E-state index is -0.0529. The molecule has 1 aromatic heterocycles. The van der Waals surface area contributed by atoms with Crippen LogP contribution in [0.3, 0.4) is 0 Å². The summed E-state index contributed by atoms with van der Waals surface area (Å²) in [5.41, 5.74) is 3.92. The van der Waals surface area contributed by atoms with Crippen LogP contribution in [-0.4, -0.2) is 9.55 Å². The summed E-state index contributed by atoms with van der Waals surface area (Å²) in [5, 5.41) is 0. The number of hydrogen-bond acceptors (Lipinski definition) is 3. The number of ether oxygens (including phenoxy) is 1. The van der Waals surface area contributed by atoms with E-state index in [1.807, 2.05) is 61.5 Å². The Morgan fingerprint density at radius 2 is 1.71 bits per heavy atom. The average Bonchev–Trinajstić information content (AvgIpc) is 2.82. The number of aryl methyl sites for hydroxylation is 2. The third-order valence-corrected chi connectivity index (χ3v) is 6.29. The first-order chi connectivity index (χ1) is 15.1. The number of halogens is 1. The fourth-order valence-corrected chi connectivity index (χ4v) is 4.00. The fourth-order valence-electron chi connectivity index (χ4n) is 3.70. The molecular formula is C26H25BrN2O2. The number of hydrogen-bond donors (Lipinski definition) is 0. The highest BCUT2D eigenvalue weighted by atomic mass is 79.9. The van der Waals surface area contributed by atoms with Gasteiger partial charge in [0.2, 0.25) is 0 Å². The standard InChI is InChI=1S/C26H25BrN2O2/c1-19-24(27)26(30)29(17-16-20-10-4-2-5-11-20)25(28-19)22-14-8-9-15-23(22)31-18-21-12-6-3-7-13-21/h2-7,9-13,15H,8,14,16-18H2,1H3. The zero-order chi connectivity index (χ0) is 21.6. The van der Waals surface area contributed by atoms with Crippen molar-refractivity contribution in [2.75, 3.05) is 0 Å². The van der Waals surface area contributed by atoms with Gasteiger partial charge < -0.3 is 4.74 Å². The van der Waals surface area contributed by atoms with Crippen LogP contribution < -0.4 is 5.56 Å². The van der Waals surface area contributed by atoms with Gasteiger partial charge in [0.25, 0.3) is 5.56 Å². The normalized spacial score (nSPS) is 13.5. The van der Waals surface area contributed by atoms with Crippen LogP contribution in [0.2, 0.25) is 0 Å². The van der Waals surface area contributed by atoms with Gasteiger partial charge in [0.05, 0.1) is 5.69 Å². The molecule has 0 saturated carbocycles. The van der Waals surface area contributed by atoms with Gasteiger partial charge in [-0.3, -0.25) is 9.36 Å². The lowest BCUT2D eigenvalue weighted by molar-refractivity contribution is 0.211. The monoisotopic (exact) mass is 476 g/mol. The lowest BCUT2D eigenvalue weighted by Gasteiger charge is -2.21. The summed E-state index contributed by atoms with van der Waals surface area (Å²) in [5.74, 6) is 1.49. The van der Waals surface area contributed by atoms with Gasteiger partial charge in [0.1, 0.15) is 22.7 Å². The second kappa shape index (κ2) is 9.92. The number of benzene rings is 2. The molecule has 3 aromatic rings. The molecule has 0 atom stereocenters. The van der Waals surface area contributed by atoms with Gasteiger partial charge in [0, 0.05) is 12.1 Å². The largest absolute Gasteiger partial charge is 0.488 e. The van der Waals surface area contributed by atoms with E-state index in [0.717, 1.165) is 36.2 Å². The van der Waals surface area contributed by atoms with Gasteiger partial charge in [-0.25, -0.2) is 4.98 Å². The SMILES string of the molecule is Cc1nc(C2=C(OCc3ccccc3)C=CCC2)n(CCc2ccccc2)c(=O)c1Br. The summed E-state index contributed by atoms with van der Waals surface area (Å²) in [4.78, 5) is 18.0. The summed E-state index contributed by atoms with van der Waals surface area (Å²) in [6.45, 7) is 2.90. The molecule has 158 valence electrons. The van der Waals surface area contributed by atoms with Crippen molar-refractivity contribution in [2.45, 2.75) is 39.3 Å². The predicted molar refractivity (Wildman–Crippen MR) is 128 cm³/mol. The molecule has 4 rings (SSSR count). The number of rotatable bonds is 7. The minimum absolute atomic E-state index is 0.0529. The molecule has 1 heterocycles. The van der Waals surface area contributed by atoms with Crippen molar-refractivity contribution >= 4 is 21.5 Å². The van der Waals surface area contributed by atoms with Gasteiger partial charge in [-0.05, 0) is 59.3 Å². The molecule has 0 unspecified atom stereocenters. The van der Waals surface area contributed by atoms with Crippen molar-refractivity contribution < 1.29 is 4.74 Å². The maximum Gasteiger partial charge on any atom is 0.268 e. The van der Waals surface area contributed by atoms with E-state index in [2.05, 4.69) is 34.1 Å². The van der Waals surface area contributed by atoms with Crippen LogP contribution in [0.5, 0.6) is 0 Å². The van der Waals surface area contributed by atoms with Crippen molar-refractivity contribution in [1.29, 1.82) is 0 Å². The van der Waals surface area contributed by atoms with Crippen LogP contribution in [0.4, 0.5) is 0 Å². The van der Waals surface area contributed by atoms with Crippen LogP contribution in [0.15, 0.2) is 87.8 Å². The van der Waals surface area contributed by atoms with Crippen molar-refractivity contribution in [3.63, 3.8) is 0 Å². The lowest BCUT2D eigenvalue weighted by atomic mass is 10.0. The topological polar surface area (TPSA) is 44.1 Å². The van der Waals surface area contributed by atoms with Crippen LogP contribution >= 0.6 is 15.9 Å². The van der Waals surface area contributed by atoms with E-state index >= 15 is 0 Å². The maximum atomic E-state index is 13.2. The molecule has 1 aliphatic carbocycles. The molecule has 0 aliphatic heterocycles. The third-order valence-electron chi connectivity index (χ3n) is 5.38. The van der Waals surface area contributed by atoms with E-state index in [-0.39, 0.29) is 5.56 Å². The van der Waals surface area contributed by atoms with E-state index < -0.39 is 0 Å². The molecule has 31 heavy (non-hydrogen) atoms. The summed E-state index contributed by atoms with van der Waals surface area (Å²) in [6, 6.07) is 20.3. The van der Waals surface area contributed by atoms with Crippen LogP contribution in [0.25, 0.3) is 5.57 Å². The minimum Gasteiger partial charge on any atom is -0.488 e. The molecule has 0 saturated heterocycles. The van der Waals surface area contributed by atoms with Gasteiger partial charge >= 0.3 is 0 Å². The fraction of sp³-hybridized carbons (Fsp3) is 0.231. The quantitative estimate of drug-likeness (QED) is 0.430. The molecule has 1 aliphatic rings. The van der Waals surface area contributed by atoms with Gasteiger partial charge in [0.15, 0.2) is 0 Å². The maximum absolute atomic E-state index is 13.2. The van der Waals surface area contributed by atoms with Gasteiger partial charge in [-0.2, -0.15) is 0 Å². The highest BCUT2D eigenvalue weighted by Gasteiger charge is 2.20. The van der Waals surface area contributed by atoms with E-state index in [9.17, 15) is 4.79 Å². The Labute approximate surface area is 191 Å². The lowest BCUT2D eigenvalue weighted by Crippen LogP contribution is -2.28. The van der Waals surface area contributed by atoms with Crippen LogP contribution in [0.1, 0.15) is 35.5 Å². The molecular weight excluding hydrogens is 452 g/mol. The van der Waals surface area contributed by atoms with Crippen LogP contribution in [-0.2, 0) is 24.3 Å². The zero-order valence-electron chi connectivity index (χ0n) is 17.6.